The zero-order chi connectivity index (χ0) is 18.5. The summed E-state index contributed by atoms with van der Waals surface area (Å²) in [5.41, 5.74) is 3.10. The average Bonchev–Trinajstić information content (AvgIpc) is 2.98. The predicted molar refractivity (Wildman–Crippen MR) is 106 cm³/mol. The summed E-state index contributed by atoms with van der Waals surface area (Å²) < 4.78 is 2.04. The van der Waals surface area contributed by atoms with Gasteiger partial charge in [-0.1, -0.05) is 42.1 Å². The molecule has 0 radical (unpaired) electrons. The fourth-order valence-corrected chi connectivity index (χ4v) is 3.44. The predicted octanol–water partition coefficient (Wildman–Crippen LogP) is 4.16. The van der Waals surface area contributed by atoms with Gasteiger partial charge in [0.15, 0.2) is 10.9 Å². The van der Waals surface area contributed by atoms with Crippen LogP contribution in [0.25, 0.3) is 11.0 Å². The van der Waals surface area contributed by atoms with Crippen LogP contribution in [0.5, 0.6) is 0 Å². The molecular weight excluding hydrogens is 346 g/mol. The van der Waals surface area contributed by atoms with Crippen molar-refractivity contribution in [2.75, 3.05) is 11.1 Å². The minimum atomic E-state index is -0.145. The molecule has 1 N–H and O–H groups in total. The number of nitrogens with one attached hydrogen (secondary N) is 1. The molecule has 1 amide bonds. The van der Waals surface area contributed by atoms with Crippen LogP contribution in [-0.2, 0) is 11.3 Å². The summed E-state index contributed by atoms with van der Waals surface area (Å²) in [5, 5.41) is 3.60. The number of anilines is 1. The number of fused-ring (bicyclic) bond motifs is 1. The fraction of sp³-hybridized carbons (Fsp3) is 0.150. The molecular formula is C20H19N3O2S. The van der Waals surface area contributed by atoms with Crippen LogP contribution in [0.3, 0.4) is 0 Å². The van der Waals surface area contributed by atoms with Crippen molar-refractivity contribution in [3.63, 3.8) is 0 Å². The first-order valence-corrected chi connectivity index (χ1v) is 9.17. The van der Waals surface area contributed by atoms with Gasteiger partial charge in [-0.25, -0.2) is 4.98 Å². The lowest BCUT2D eigenvalue weighted by Crippen LogP contribution is -2.15. The van der Waals surface area contributed by atoms with E-state index in [9.17, 15) is 9.59 Å². The molecule has 1 heterocycles. The highest BCUT2D eigenvalue weighted by Gasteiger charge is 2.12. The number of rotatable bonds is 7. The molecule has 6 heteroatoms. The van der Waals surface area contributed by atoms with Gasteiger partial charge < -0.3 is 9.88 Å². The molecule has 0 aliphatic carbocycles. The number of ketones is 1. The van der Waals surface area contributed by atoms with Crippen molar-refractivity contribution in [1.29, 1.82) is 0 Å². The van der Waals surface area contributed by atoms with E-state index in [4.69, 9.17) is 0 Å². The monoisotopic (exact) mass is 365 g/mol. The van der Waals surface area contributed by atoms with E-state index in [0.717, 1.165) is 16.2 Å². The van der Waals surface area contributed by atoms with Gasteiger partial charge in [0.2, 0.25) is 5.91 Å². The molecule has 3 aromatic rings. The first kappa shape index (κ1) is 17.9. The number of benzene rings is 2. The van der Waals surface area contributed by atoms with Gasteiger partial charge in [-0.05, 0) is 31.2 Å². The van der Waals surface area contributed by atoms with Gasteiger partial charge in [0, 0.05) is 17.8 Å². The van der Waals surface area contributed by atoms with Crippen molar-refractivity contribution >= 4 is 40.2 Å². The fourth-order valence-electron chi connectivity index (χ4n) is 2.61. The number of hydrogen-bond donors (Lipinski definition) is 1. The van der Waals surface area contributed by atoms with Gasteiger partial charge in [-0.3, -0.25) is 9.59 Å². The number of para-hydroxylation sites is 2. The van der Waals surface area contributed by atoms with E-state index in [-0.39, 0.29) is 17.4 Å². The summed E-state index contributed by atoms with van der Waals surface area (Å²) in [5.74, 6) is 0.0478. The second-order valence-electron chi connectivity index (χ2n) is 5.76. The second kappa shape index (κ2) is 8.01. The van der Waals surface area contributed by atoms with Crippen LogP contribution in [0.2, 0.25) is 0 Å². The molecule has 0 atom stereocenters. The van der Waals surface area contributed by atoms with Crippen LogP contribution in [-0.4, -0.2) is 27.0 Å². The number of imidazole rings is 1. The molecule has 0 fully saturated rings. The van der Waals surface area contributed by atoms with Crippen molar-refractivity contribution in [2.24, 2.45) is 0 Å². The maximum absolute atomic E-state index is 12.3. The minimum Gasteiger partial charge on any atom is -0.325 e. The molecule has 26 heavy (non-hydrogen) atoms. The third kappa shape index (κ3) is 4.03. The summed E-state index contributed by atoms with van der Waals surface area (Å²) in [6.45, 7) is 5.92. The van der Waals surface area contributed by atoms with Crippen molar-refractivity contribution in [3.8, 4) is 0 Å². The van der Waals surface area contributed by atoms with Crippen molar-refractivity contribution in [1.82, 2.24) is 9.55 Å². The number of hydrogen-bond acceptors (Lipinski definition) is 4. The van der Waals surface area contributed by atoms with Gasteiger partial charge >= 0.3 is 0 Å². The second-order valence-corrected chi connectivity index (χ2v) is 6.70. The molecule has 0 aliphatic heterocycles. The van der Waals surface area contributed by atoms with E-state index in [1.165, 1.54) is 18.7 Å². The summed E-state index contributed by atoms with van der Waals surface area (Å²) in [4.78, 5) is 28.3. The quantitative estimate of drug-likeness (QED) is 0.388. The van der Waals surface area contributed by atoms with Crippen LogP contribution < -0.4 is 5.32 Å². The van der Waals surface area contributed by atoms with Crippen molar-refractivity contribution in [2.45, 2.75) is 18.6 Å². The molecule has 0 saturated carbocycles. The van der Waals surface area contributed by atoms with E-state index < -0.39 is 0 Å². The number of Topliss-reactive ketones (excluding diaryl/α,β-unsaturated/α-hetero) is 1. The Morgan fingerprint density at radius 2 is 2.04 bits per heavy atom. The molecule has 0 spiro atoms. The summed E-state index contributed by atoms with van der Waals surface area (Å²) in [6.07, 6.45) is 1.81. The molecule has 0 unspecified atom stereocenters. The Balaban J connectivity index is 1.71. The lowest BCUT2D eigenvalue weighted by atomic mass is 10.1. The molecule has 0 saturated heterocycles. The highest BCUT2D eigenvalue weighted by Crippen LogP contribution is 2.24. The first-order valence-electron chi connectivity index (χ1n) is 8.18. The van der Waals surface area contributed by atoms with E-state index in [2.05, 4.69) is 16.9 Å². The normalized spacial score (nSPS) is 10.7. The standard InChI is InChI=1S/C20H19N3O2S/c1-3-11-23-18-10-5-4-9-17(18)22-20(23)26-13-19(25)21-16-8-6-7-15(12-16)14(2)24/h3-10,12H,1,11,13H2,2H3,(H,21,25). The molecule has 5 nitrogen and oxygen atoms in total. The number of allylic oxidation sites excluding steroid dienone is 1. The van der Waals surface area contributed by atoms with Crippen LogP contribution in [0, 0.1) is 0 Å². The number of nitrogens with zero attached hydrogens (tertiary/aromatic N) is 2. The summed E-state index contributed by atoms with van der Waals surface area (Å²) in [6, 6.07) is 14.8. The van der Waals surface area contributed by atoms with Gasteiger partial charge in [0.05, 0.1) is 16.8 Å². The van der Waals surface area contributed by atoms with Gasteiger partial charge in [-0.15, -0.1) is 6.58 Å². The highest BCUT2D eigenvalue weighted by molar-refractivity contribution is 7.99. The van der Waals surface area contributed by atoms with Crippen molar-refractivity contribution in [3.05, 3.63) is 66.7 Å². The Bertz CT molecular complexity index is 978. The van der Waals surface area contributed by atoms with E-state index in [0.29, 0.717) is 17.8 Å². The molecule has 2 aromatic carbocycles. The summed E-state index contributed by atoms with van der Waals surface area (Å²) >= 11 is 1.38. The highest BCUT2D eigenvalue weighted by atomic mass is 32.2. The van der Waals surface area contributed by atoms with Crippen LogP contribution in [0.4, 0.5) is 5.69 Å². The minimum absolute atomic E-state index is 0.0337. The first-order chi connectivity index (χ1) is 12.6. The van der Waals surface area contributed by atoms with Gasteiger partial charge in [-0.2, -0.15) is 0 Å². The molecule has 132 valence electrons. The number of thioether (sulfide) groups is 1. The summed E-state index contributed by atoms with van der Waals surface area (Å²) in [7, 11) is 0. The molecule has 0 aliphatic rings. The number of aromatic nitrogens is 2. The zero-order valence-electron chi connectivity index (χ0n) is 14.4. The SMILES string of the molecule is C=CCn1c(SCC(=O)Nc2cccc(C(C)=O)c2)nc2ccccc21. The van der Waals surface area contributed by atoms with Crippen LogP contribution in [0.15, 0.2) is 66.3 Å². The number of carbonyl (C=O) groups excluding carboxylic acids is 2. The topological polar surface area (TPSA) is 64.0 Å². The van der Waals surface area contributed by atoms with E-state index >= 15 is 0 Å². The lowest BCUT2D eigenvalue weighted by molar-refractivity contribution is -0.113. The molecule has 3 rings (SSSR count). The van der Waals surface area contributed by atoms with Gasteiger partial charge in [0.25, 0.3) is 0 Å². The average molecular weight is 365 g/mol. The third-order valence-corrected chi connectivity index (χ3v) is 4.79. The Hall–Kier alpha value is -2.86. The maximum Gasteiger partial charge on any atom is 0.234 e. The number of amides is 1. The smallest absolute Gasteiger partial charge is 0.234 e. The van der Waals surface area contributed by atoms with Crippen LogP contribution in [0.1, 0.15) is 17.3 Å². The van der Waals surface area contributed by atoms with E-state index in [1.54, 1.807) is 24.3 Å². The Kier molecular flexibility index (Phi) is 5.53. The van der Waals surface area contributed by atoms with Crippen molar-refractivity contribution < 1.29 is 9.59 Å². The zero-order valence-corrected chi connectivity index (χ0v) is 15.3. The Morgan fingerprint density at radius 1 is 1.23 bits per heavy atom. The Morgan fingerprint density at radius 3 is 2.81 bits per heavy atom. The van der Waals surface area contributed by atoms with E-state index in [1.807, 2.05) is 34.9 Å². The molecule has 1 aromatic heterocycles. The van der Waals surface area contributed by atoms with Gasteiger partial charge in [0.1, 0.15) is 0 Å². The van der Waals surface area contributed by atoms with Crippen LogP contribution >= 0.6 is 11.8 Å². The lowest BCUT2D eigenvalue weighted by Gasteiger charge is -2.08. The Labute approximate surface area is 156 Å². The molecule has 0 bridgehead atoms. The number of carbonyl (C=O) groups is 2. The maximum atomic E-state index is 12.3. The largest absolute Gasteiger partial charge is 0.325 e. The third-order valence-electron chi connectivity index (χ3n) is 3.82.